The molecule has 2 aliphatic rings. The molecule has 0 bridgehead atoms. The monoisotopic (exact) mass is 322 g/mol. The van der Waals surface area contributed by atoms with Crippen molar-refractivity contribution in [2.24, 2.45) is 5.92 Å². The number of rotatable bonds is 2. The Morgan fingerprint density at radius 1 is 1.18 bits per heavy atom. The summed E-state index contributed by atoms with van der Waals surface area (Å²) in [5, 5.41) is 0.804. The molecular formula is C17H23ClN2O2. The zero-order valence-corrected chi connectivity index (χ0v) is 13.8. The summed E-state index contributed by atoms with van der Waals surface area (Å²) in [6.07, 6.45) is 1.74. The third kappa shape index (κ3) is 3.23. The zero-order valence-electron chi connectivity index (χ0n) is 13.1. The van der Waals surface area contributed by atoms with Crippen LogP contribution in [0.3, 0.4) is 0 Å². The molecule has 0 unspecified atom stereocenters. The largest absolute Gasteiger partial charge is 0.381 e. The van der Waals surface area contributed by atoms with Crippen LogP contribution in [0.25, 0.3) is 0 Å². The van der Waals surface area contributed by atoms with E-state index in [9.17, 15) is 4.79 Å². The smallest absolute Gasteiger partial charge is 0.225 e. The van der Waals surface area contributed by atoms with Crippen molar-refractivity contribution in [1.29, 1.82) is 0 Å². The van der Waals surface area contributed by atoms with Gasteiger partial charge in [-0.3, -0.25) is 4.79 Å². The minimum Gasteiger partial charge on any atom is -0.381 e. The van der Waals surface area contributed by atoms with E-state index in [0.29, 0.717) is 5.91 Å². The van der Waals surface area contributed by atoms with Crippen LogP contribution < -0.4 is 4.90 Å². The molecule has 2 fully saturated rings. The van der Waals surface area contributed by atoms with E-state index in [0.717, 1.165) is 62.8 Å². The second-order valence-corrected chi connectivity index (χ2v) is 6.49. The second-order valence-electron chi connectivity index (χ2n) is 6.08. The first-order chi connectivity index (χ1) is 10.7. The van der Waals surface area contributed by atoms with Gasteiger partial charge in [-0.1, -0.05) is 17.7 Å². The number of benzene rings is 1. The lowest BCUT2D eigenvalue weighted by Crippen LogP contribution is -2.51. The molecule has 1 aromatic carbocycles. The van der Waals surface area contributed by atoms with Crippen molar-refractivity contribution in [3.63, 3.8) is 0 Å². The molecule has 0 atom stereocenters. The van der Waals surface area contributed by atoms with Crippen LogP contribution in [0.1, 0.15) is 18.4 Å². The standard InChI is InChI=1S/C17H23ClN2O2/c1-13-15(18)3-2-4-16(13)19-7-9-20(10-8-19)17(21)14-5-11-22-12-6-14/h2-4,14H,5-12H2,1H3. The predicted octanol–water partition coefficient (Wildman–Crippen LogP) is 2.72. The number of ether oxygens (including phenoxy) is 1. The molecule has 0 radical (unpaired) electrons. The first kappa shape index (κ1) is 15.6. The molecule has 2 heterocycles. The van der Waals surface area contributed by atoms with Crippen molar-refractivity contribution in [1.82, 2.24) is 4.90 Å². The lowest BCUT2D eigenvalue weighted by atomic mass is 9.98. The minimum absolute atomic E-state index is 0.160. The van der Waals surface area contributed by atoms with Crippen LogP contribution in [0.4, 0.5) is 5.69 Å². The number of carbonyl (C=O) groups is 1. The second kappa shape index (κ2) is 6.88. The number of nitrogens with zero attached hydrogens (tertiary/aromatic N) is 2. The molecule has 120 valence electrons. The number of carbonyl (C=O) groups excluding carboxylic acids is 1. The van der Waals surface area contributed by atoms with Crippen LogP contribution >= 0.6 is 11.6 Å². The highest BCUT2D eigenvalue weighted by molar-refractivity contribution is 6.31. The van der Waals surface area contributed by atoms with Gasteiger partial charge in [0.25, 0.3) is 0 Å². The van der Waals surface area contributed by atoms with Crippen LogP contribution in [-0.2, 0) is 9.53 Å². The molecule has 22 heavy (non-hydrogen) atoms. The van der Waals surface area contributed by atoms with Crippen molar-refractivity contribution >= 4 is 23.2 Å². The third-order valence-corrected chi connectivity index (χ3v) is 5.15. The summed E-state index contributed by atoms with van der Waals surface area (Å²) in [7, 11) is 0. The first-order valence-corrected chi connectivity index (χ1v) is 8.41. The van der Waals surface area contributed by atoms with Crippen LogP contribution in [-0.4, -0.2) is 50.2 Å². The Labute approximate surface area is 137 Å². The number of hydrogen-bond donors (Lipinski definition) is 0. The van der Waals surface area contributed by atoms with Gasteiger partial charge >= 0.3 is 0 Å². The summed E-state index contributed by atoms with van der Waals surface area (Å²) in [6, 6.07) is 6.02. The third-order valence-electron chi connectivity index (χ3n) is 4.74. The maximum atomic E-state index is 12.5. The fraction of sp³-hybridized carbons (Fsp3) is 0.588. The Hall–Kier alpha value is -1.26. The lowest BCUT2D eigenvalue weighted by Gasteiger charge is -2.38. The molecule has 0 N–H and O–H groups in total. The van der Waals surface area contributed by atoms with E-state index < -0.39 is 0 Å². The fourth-order valence-electron chi connectivity index (χ4n) is 3.31. The molecular weight excluding hydrogens is 300 g/mol. The number of amides is 1. The van der Waals surface area contributed by atoms with Crippen molar-refractivity contribution in [3.8, 4) is 0 Å². The van der Waals surface area contributed by atoms with Crippen molar-refractivity contribution < 1.29 is 9.53 Å². The SMILES string of the molecule is Cc1c(Cl)cccc1N1CCN(C(=O)C2CCOCC2)CC1. The summed E-state index contributed by atoms with van der Waals surface area (Å²) in [6.45, 7) is 6.82. The van der Waals surface area contributed by atoms with Gasteiger partial charge in [0.15, 0.2) is 0 Å². The van der Waals surface area contributed by atoms with Gasteiger partial charge in [-0.05, 0) is 37.5 Å². The molecule has 5 heteroatoms. The van der Waals surface area contributed by atoms with E-state index in [1.807, 2.05) is 17.0 Å². The number of anilines is 1. The molecule has 0 saturated carbocycles. The summed E-state index contributed by atoms with van der Waals surface area (Å²) < 4.78 is 5.34. The number of hydrogen-bond acceptors (Lipinski definition) is 3. The van der Waals surface area contributed by atoms with Crippen LogP contribution in [0.15, 0.2) is 18.2 Å². The van der Waals surface area contributed by atoms with Crippen LogP contribution in [0, 0.1) is 12.8 Å². The molecule has 0 aliphatic carbocycles. The van der Waals surface area contributed by atoms with Gasteiger partial charge in [0.05, 0.1) is 0 Å². The van der Waals surface area contributed by atoms with E-state index in [2.05, 4.69) is 17.9 Å². The Bertz CT molecular complexity index is 535. The van der Waals surface area contributed by atoms with E-state index >= 15 is 0 Å². The molecule has 1 amide bonds. The summed E-state index contributed by atoms with van der Waals surface area (Å²) in [5.74, 6) is 0.471. The van der Waals surface area contributed by atoms with Gasteiger partial charge in [0.2, 0.25) is 5.91 Å². The highest BCUT2D eigenvalue weighted by Gasteiger charge is 2.29. The topological polar surface area (TPSA) is 32.8 Å². The van der Waals surface area contributed by atoms with Gasteiger partial charge in [-0.25, -0.2) is 0 Å². The maximum absolute atomic E-state index is 12.5. The molecule has 2 saturated heterocycles. The summed E-state index contributed by atoms with van der Waals surface area (Å²) >= 11 is 6.21. The average Bonchev–Trinajstić information content (AvgIpc) is 2.58. The molecule has 1 aromatic rings. The minimum atomic E-state index is 0.160. The van der Waals surface area contributed by atoms with Crippen LogP contribution in [0.5, 0.6) is 0 Å². The van der Waals surface area contributed by atoms with Crippen molar-refractivity contribution in [2.75, 3.05) is 44.3 Å². The van der Waals surface area contributed by atoms with E-state index in [4.69, 9.17) is 16.3 Å². The zero-order chi connectivity index (χ0) is 15.5. The molecule has 0 aromatic heterocycles. The Morgan fingerprint density at radius 2 is 1.86 bits per heavy atom. The highest BCUT2D eigenvalue weighted by Crippen LogP contribution is 2.27. The molecule has 2 aliphatic heterocycles. The van der Waals surface area contributed by atoms with Crippen molar-refractivity contribution in [2.45, 2.75) is 19.8 Å². The van der Waals surface area contributed by atoms with Gasteiger partial charge < -0.3 is 14.5 Å². The Balaban J connectivity index is 1.60. The molecule has 3 rings (SSSR count). The number of halogens is 1. The summed E-state index contributed by atoms with van der Waals surface area (Å²) in [4.78, 5) is 16.9. The highest BCUT2D eigenvalue weighted by atomic mass is 35.5. The quantitative estimate of drug-likeness (QED) is 0.839. The lowest BCUT2D eigenvalue weighted by molar-refractivity contribution is -0.138. The normalized spacial score (nSPS) is 20.3. The van der Waals surface area contributed by atoms with E-state index in [1.54, 1.807) is 0 Å². The van der Waals surface area contributed by atoms with Gasteiger partial charge in [0.1, 0.15) is 0 Å². The van der Waals surface area contributed by atoms with Crippen LogP contribution in [0.2, 0.25) is 5.02 Å². The predicted molar refractivity (Wildman–Crippen MR) is 88.5 cm³/mol. The van der Waals surface area contributed by atoms with Gasteiger partial charge in [-0.15, -0.1) is 0 Å². The molecule has 0 spiro atoms. The summed E-state index contributed by atoms with van der Waals surface area (Å²) in [5.41, 5.74) is 2.30. The van der Waals surface area contributed by atoms with Crippen molar-refractivity contribution in [3.05, 3.63) is 28.8 Å². The van der Waals surface area contributed by atoms with E-state index in [1.165, 1.54) is 5.69 Å². The average molecular weight is 323 g/mol. The Morgan fingerprint density at radius 3 is 2.55 bits per heavy atom. The van der Waals surface area contributed by atoms with Gasteiger partial charge in [-0.2, -0.15) is 0 Å². The van der Waals surface area contributed by atoms with E-state index in [-0.39, 0.29) is 5.92 Å². The molecule has 4 nitrogen and oxygen atoms in total. The Kier molecular flexibility index (Phi) is 4.89. The first-order valence-electron chi connectivity index (χ1n) is 8.03. The fourth-order valence-corrected chi connectivity index (χ4v) is 3.48. The van der Waals surface area contributed by atoms with Gasteiger partial charge in [0, 0.05) is 56.0 Å². The maximum Gasteiger partial charge on any atom is 0.225 e. The number of piperazine rings is 1.